The third-order valence-corrected chi connectivity index (χ3v) is 7.80. The van der Waals surface area contributed by atoms with Gasteiger partial charge >= 0.3 is 0 Å². The van der Waals surface area contributed by atoms with Crippen LogP contribution in [0.1, 0.15) is 28.7 Å². The highest BCUT2D eigenvalue weighted by Crippen LogP contribution is 2.65. The molecule has 29 heavy (non-hydrogen) atoms. The number of rotatable bonds is 2. The number of imidazole rings is 1. The molecule has 0 radical (unpaired) electrons. The predicted octanol–water partition coefficient (Wildman–Crippen LogP) is 5.73. The molecule has 6 rings (SSSR count). The van der Waals surface area contributed by atoms with E-state index in [4.69, 9.17) is 4.98 Å². The lowest BCUT2D eigenvalue weighted by atomic mass is 9.82. The SMILES string of the molecule is CC1=C(c2ccccc2)S[C@]2(c3ccccc3)c3nc4ccccc4n3C(=O)C12. The van der Waals surface area contributed by atoms with Gasteiger partial charge in [-0.2, -0.15) is 0 Å². The smallest absolute Gasteiger partial charge is 0.242 e. The van der Waals surface area contributed by atoms with E-state index in [2.05, 4.69) is 43.3 Å². The van der Waals surface area contributed by atoms with E-state index >= 15 is 0 Å². The number of allylic oxidation sites excluding steroid dienone is 1. The lowest BCUT2D eigenvalue weighted by Gasteiger charge is -2.27. The van der Waals surface area contributed by atoms with Gasteiger partial charge in [-0.3, -0.25) is 9.36 Å². The molecule has 3 nitrogen and oxygen atoms in total. The molecule has 0 N–H and O–H groups in total. The van der Waals surface area contributed by atoms with Gasteiger partial charge < -0.3 is 0 Å². The molecule has 2 aliphatic rings. The fraction of sp³-hybridized carbons (Fsp3) is 0.120. The molecule has 140 valence electrons. The van der Waals surface area contributed by atoms with E-state index in [1.807, 2.05) is 53.1 Å². The van der Waals surface area contributed by atoms with Gasteiger partial charge in [0.15, 0.2) is 0 Å². The molecule has 0 saturated carbocycles. The Balaban J connectivity index is 1.66. The van der Waals surface area contributed by atoms with Gasteiger partial charge in [-0.25, -0.2) is 4.98 Å². The van der Waals surface area contributed by atoms with Crippen molar-refractivity contribution in [2.24, 2.45) is 5.92 Å². The molecule has 4 heteroatoms. The topological polar surface area (TPSA) is 34.9 Å². The molecule has 2 atom stereocenters. The van der Waals surface area contributed by atoms with Gasteiger partial charge in [-0.1, -0.05) is 72.8 Å². The Hall–Kier alpha value is -3.11. The van der Waals surface area contributed by atoms with Crippen molar-refractivity contribution in [3.8, 4) is 0 Å². The van der Waals surface area contributed by atoms with Crippen LogP contribution in [0.5, 0.6) is 0 Å². The quantitative estimate of drug-likeness (QED) is 0.436. The van der Waals surface area contributed by atoms with Crippen molar-refractivity contribution < 1.29 is 4.79 Å². The summed E-state index contributed by atoms with van der Waals surface area (Å²) in [6, 6.07) is 28.7. The van der Waals surface area contributed by atoms with E-state index in [9.17, 15) is 4.79 Å². The molecule has 3 aromatic carbocycles. The zero-order valence-corrected chi connectivity index (χ0v) is 16.7. The van der Waals surface area contributed by atoms with Crippen molar-refractivity contribution in [3.63, 3.8) is 0 Å². The number of aromatic nitrogens is 2. The van der Waals surface area contributed by atoms with Crippen LogP contribution in [0, 0.1) is 5.92 Å². The summed E-state index contributed by atoms with van der Waals surface area (Å²) < 4.78 is 1.32. The molecule has 0 spiro atoms. The van der Waals surface area contributed by atoms with Crippen LogP contribution in [0.15, 0.2) is 90.5 Å². The van der Waals surface area contributed by atoms with Crippen molar-refractivity contribution in [2.45, 2.75) is 11.7 Å². The molecule has 0 bridgehead atoms. The Kier molecular flexibility index (Phi) is 3.44. The molecule has 0 saturated heterocycles. The average molecular weight is 394 g/mol. The molecule has 3 heterocycles. The maximum Gasteiger partial charge on any atom is 0.242 e. The summed E-state index contributed by atoms with van der Waals surface area (Å²) in [4.78, 5) is 20.0. The molecule has 2 aliphatic heterocycles. The van der Waals surface area contributed by atoms with Gasteiger partial charge in [0, 0.05) is 4.91 Å². The first-order valence-corrected chi connectivity index (χ1v) is 10.6. The fourth-order valence-corrected chi connectivity index (χ4v) is 6.55. The number of fused-ring (bicyclic) bond motifs is 5. The summed E-state index contributed by atoms with van der Waals surface area (Å²) in [6.45, 7) is 2.11. The lowest BCUT2D eigenvalue weighted by Crippen LogP contribution is -2.29. The number of carbonyl (C=O) groups is 1. The lowest BCUT2D eigenvalue weighted by molar-refractivity contribution is 0.0881. The zero-order valence-electron chi connectivity index (χ0n) is 15.9. The van der Waals surface area contributed by atoms with Gasteiger partial charge in [0.05, 0.1) is 17.0 Å². The summed E-state index contributed by atoms with van der Waals surface area (Å²) in [5.74, 6) is 0.709. The number of hydrogen-bond acceptors (Lipinski definition) is 3. The first-order chi connectivity index (χ1) is 14.2. The summed E-state index contributed by atoms with van der Waals surface area (Å²) in [6.07, 6.45) is 0. The predicted molar refractivity (Wildman–Crippen MR) is 118 cm³/mol. The van der Waals surface area contributed by atoms with Crippen molar-refractivity contribution in [1.29, 1.82) is 0 Å². The summed E-state index contributed by atoms with van der Waals surface area (Å²) in [5.41, 5.74) is 5.19. The largest absolute Gasteiger partial charge is 0.273 e. The molecule has 0 aliphatic carbocycles. The Labute approximate surface area is 173 Å². The molecule has 1 aromatic heterocycles. The van der Waals surface area contributed by atoms with Crippen LogP contribution >= 0.6 is 11.8 Å². The van der Waals surface area contributed by atoms with Gasteiger partial charge in [0.1, 0.15) is 10.6 Å². The van der Waals surface area contributed by atoms with E-state index in [0.29, 0.717) is 0 Å². The fourth-order valence-electron chi connectivity index (χ4n) is 4.81. The van der Waals surface area contributed by atoms with Crippen LogP contribution in [0.2, 0.25) is 0 Å². The highest BCUT2D eigenvalue weighted by atomic mass is 32.2. The maximum absolute atomic E-state index is 13.8. The molecule has 0 amide bonds. The number of nitrogens with zero attached hydrogens (tertiary/aromatic N) is 2. The van der Waals surface area contributed by atoms with E-state index in [1.165, 1.54) is 4.91 Å². The van der Waals surface area contributed by atoms with Gasteiger partial charge in [-0.05, 0) is 35.8 Å². The van der Waals surface area contributed by atoms with Crippen LogP contribution in [0.25, 0.3) is 15.9 Å². The number of thioether (sulfide) groups is 1. The average Bonchev–Trinajstić information content (AvgIpc) is 3.38. The van der Waals surface area contributed by atoms with E-state index in [-0.39, 0.29) is 11.8 Å². The second-order valence-electron chi connectivity index (χ2n) is 7.61. The maximum atomic E-state index is 13.8. The van der Waals surface area contributed by atoms with Crippen molar-refractivity contribution >= 4 is 33.6 Å². The molecule has 4 aromatic rings. The Morgan fingerprint density at radius 2 is 1.55 bits per heavy atom. The minimum Gasteiger partial charge on any atom is -0.273 e. The van der Waals surface area contributed by atoms with Crippen molar-refractivity contribution in [3.05, 3.63) is 107 Å². The Bertz CT molecular complexity index is 1310. The van der Waals surface area contributed by atoms with Crippen molar-refractivity contribution in [1.82, 2.24) is 9.55 Å². The van der Waals surface area contributed by atoms with E-state index < -0.39 is 4.75 Å². The minimum atomic E-state index is -0.535. The second-order valence-corrected chi connectivity index (χ2v) is 8.87. The first kappa shape index (κ1) is 16.8. The number of carbonyl (C=O) groups excluding carboxylic acids is 1. The van der Waals surface area contributed by atoms with Crippen LogP contribution in [-0.4, -0.2) is 15.5 Å². The molecule has 1 unspecified atom stereocenters. The highest BCUT2D eigenvalue weighted by molar-refractivity contribution is 8.09. The third kappa shape index (κ3) is 2.10. The van der Waals surface area contributed by atoms with Gasteiger partial charge in [0.2, 0.25) is 5.91 Å². The van der Waals surface area contributed by atoms with Gasteiger partial charge in [-0.15, -0.1) is 11.8 Å². The van der Waals surface area contributed by atoms with Crippen LogP contribution in [0.3, 0.4) is 0 Å². The van der Waals surface area contributed by atoms with Crippen molar-refractivity contribution in [2.75, 3.05) is 0 Å². The summed E-state index contributed by atoms with van der Waals surface area (Å²) >= 11 is 1.78. The van der Waals surface area contributed by atoms with Gasteiger partial charge in [0.25, 0.3) is 0 Å². The number of hydrogen-bond donors (Lipinski definition) is 0. The number of para-hydroxylation sites is 2. The minimum absolute atomic E-state index is 0.119. The molecular weight excluding hydrogens is 376 g/mol. The summed E-state index contributed by atoms with van der Waals surface area (Å²) in [7, 11) is 0. The highest BCUT2D eigenvalue weighted by Gasteiger charge is 2.61. The van der Waals surface area contributed by atoms with E-state index in [0.717, 1.165) is 33.6 Å². The van der Waals surface area contributed by atoms with Crippen LogP contribution < -0.4 is 0 Å². The molecule has 0 fully saturated rings. The Morgan fingerprint density at radius 3 is 2.31 bits per heavy atom. The monoisotopic (exact) mass is 394 g/mol. The zero-order chi connectivity index (χ0) is 19.6. The Morgan fingerprint density at radius 1 is 0.897 bits per heavy atom. The standard InChI is InChI=1S/C25H18N2OS/c1-16-21-23(28)27-20-15-9-8-14-19(20)26-24(27)25(21,18-12-6-3-7-13-18)29-22(16)17-10-4-2-5-11-17/h2-15,21H,1H3/t21?,25-/m0/s1. The number of benzene rings is 3. The van der Waals surface area contributed by atoms with Crippen LogP contribution in [-0.2, 0) is 4.75 Å². The first-order valence-electron chi connectivity index (χ1n) is 9.75. The summed E-state index contributed by atoms with van der Waals surface area (Å²) in [5, 5.41) is 0. The normalized spacial score (nSPS) is 22.9. The third-order valence-electron chi connectivity index (χ3n) is 6.06. The second kappa shape index (κ2) is 5.94. The van der Waals surface area contributed by atoms with E-state index in [1.54, 1.807) is 11.8 Å². The molecular formula is C25H18N2OS. The van der Waals surface area contributed by atoms with Crippen LogP contribution in [0.4, 0.5) is 0 Å².